The number of imidazole rings is 1. The van der Waals surface area contributed by atoms with Crippen molar-refractivity contribution in [1.29, 1.82) is 0 Å². The molecule has 0 spiro atoms. The van der Waals surface area contributed by atoms with E-state index in [4.69, 9.17) is 9.97 Å². The third-order valence-corrected chi connectivity index (χ3v) is 7.29. The molecule has 6 rings (SSSR count). The number of aryl methyl sites for hydroxylation is 1. The van der Waals surface area contributed by atoms with E-state index in [9.17, 15) is 5.11 Å². The molecule has 1 aliphatic carbocycles. The highest BCUT2D eigenvalue weighted by Crippen LogP contribution is 2.34. The van der Waals surface area contributed by atoms with Crippen LogP contribution in [-0.4, -0.2) is 29.9 Å². The number of para-hydroxylation sites is 2. The second-order valence-corrected chi connectivity index (χ2v) is 9.95. The Labute approximate surface area is 239 Å². The predicted octanol–water partition coefficient (Wildman–Crippen LogP) is 6.01. The van der Waals surface area contributed by atoms with Gasteiger partial charge in [-0.2, -0.15) is 0 Å². The molecule has 0 saturated heterocycles. The van der Waals surface area contributed by atoms with E-state index in [1.54, 1.807) is 18.3 Å². The number of nitrogens with one attached hydrogen (secondary N) is 2. The molecule has 7 nitrogen and oxygen atoms in total. The average Bonchev–Trinajstić information content (AvgIpc) is 3.37. The van der Waals surface area contributed by atoms with Crippen LogP contribution in [0.4, 0.5) is 0 Å². The Hall–Kier alpha value is -3.59. The predicted molar refractivity (Wildman–Crippen MR) is 158 cm³/mol. The summed E-state index contributed by atoms with van der Waals surface area (Å²) in [6, 6.07) is 24.9. The van der Waals surface area contributed by atoms with Crippen LogP contribution in [-0.2, 0) is 32.6 Å². The second-order valence-electron chi connectivity index (χ2n) is 9.95. The van der Waals surface area contributed by atoms with Crippen molar-refractivity contribution in [1.82, 2.24) is 30.2 Å². The molecule has 0 aliphatic heterocycles. The van der Waals surface area contributed by atoms with Crippen molar-refractivity contribution >= 4 is 28.0 Å². The Morgan fingerprint density at radius 1 is 0.872 bits per heavy atom. The van der Waals surface area contributed by atoms with Gasteiger partial charge in [-0.1, -0.05) is 42.5 Å². The summed E-state index contributed by atoms with van der Waals surface area (Å²) in [5.41, 5.74) is 7.74. The number of pyridine rings is 2. The molecule has 3 aromatic heterocycles. The van der Waals surface area contributed by atoms with Crippen LogP contribution in [0.15, 0.2) is 85.2 Å². The molecule has 3 heterocycles. The molecule has 2 aromatic carbocycles. The average molecular weight is 586 g/mol. The first kappa shape index (κ1) is 27.0. The molecule has 200 valence electrons. The summed E-state index contributed by atoms with van der Waals surface area (Å²) in [5.74, 6) is 1.20. The summed E-state index contributed by atoms with van der Waals surface area (Å²) < 4.78 is 0. The van der Waals surface area contributed by atoms with E-state index in [1.807, 2.05) is 24.4 Å². The number of aromatic amines is 1. The molecule has 0 bridgehead atoms. The molecule has 5 aromatic rings. The Balaban J connectivity index is 0.00000308. The Kier molecular flexibility index (Phi) is 8.66. The molecule has 0 amide bonds. The SMILES string of the molecule is Br.Oc1cccnc1CNCc1ccc(CN(Cc2nc3ccccc3[nH]2)C2CCCc3cccnc32)cc1. The molecular formula is C31H33BrN6O. The van der Waals surface area contributed by atoms with Crippen LogP contribution in [0.1, 0.15) is 52.8 Å². The Morgan fingerprint density at radius 3 is 2.51 bits per heavy atom. The van der Waals surface area contributed by atoms with Gasteiger partial charge < -0.3 is 15.4 Å². The van der Waals surface area contributed by atoms with Gasteiger partial charge in [0.2, 0.25) is 0 Å². The first-order valence-corrected chi connectivity index (χ1v) is 13.3. The maximum Gasteiger partial charge on any atom is 0.138 e. The van der Waals surface area contributed by atoms with E-state index >= 15 is 0 Å². The lowest BCUT2D eigenvalue weighted by Crippen LogP contribution is -2.31. The lowest BCUT2D eigenvalue weighted by Gasteiger charge is -2.34. The van der Waals surface area contributed by atoms with Crippen LogP contribution >= 0.6 is 17.0 Å². The van der Waals surface area contributed by atoms with Crippen LogP contribution in [0.3, 0.4) is 0 Å². The molecule has 1 aliphatic rings. The van der Waals surface area contributed by atoms with Gasteiger partial charge in [0.25, 0.3) is 0 Å². The highest BCUT2D eigenvalue weighted by atomic mass is 79.9. The van der Waals surface area contributed by atoms with E-state index in [0.29, 0.717) is 18.8 Å². The molecule has 1 unspecified atom stereocenters. The minimum atomic E-state index is 0. The normalized spacial score (nSPS) is 14.7. The highest BCUT2D eigenvalue weighted by Gasteiger charge is 2.28. The van der Waals surface area contributed by atoms with Gasteiger partial charge in [-0.05, 0) is 66.3 Å². The monoisotopic (exact) mass is 584 g/mol. The number of nitrogens with zero attached hydrogens (tertiary/aromatic N) is 4. The first-order chi connectivity index (χ1) is 18.7. The zero-order valence-electron chi connectivity index (χ0n) is 21.8. The number of benzene rings is 2. The molecule has 0 radical (unpaired) electrons. The fourth-order valence-corrected chi connectivity index (χ4v) is 5.38. The summed E-state index contributed by atoms with van der Waals surface area (Å²) in [4.78, 5) is 20.0. The molecule has 39 heavy (non-hydrogen) atoms. The van der Waals surface area contributed by atoms with Gasteiger partial charge in [0.05, 0.1) is 35.0 Å². The van der Waals surface area contributed by atoms with E-state index in [2.05, 4.69) is 62.6 Å². The van der Waals surface area contributed by atoms with Crippen LogP contribution in [0.25, 0.3) is 11.0 Å². The topological polar surface area (TPSA) is 90.0 Å². The number of hydrogen-bond acceptors (Lipinski definition) is 6. The number of H-pyrrole nitrogens is 1. The second kappa shape index (κ2) is 12.5. The molecule has 1 atom stereocenters. The number of rotatable bonds is 9. The van der Waals surface area contributed by atoms with Gasteiger partial charge in [-0.15, -0.1) is 17.0 Å². The lowest BCUT2D eigenvalue weighted by atomic mass is 9.90. The quantitative estimate of drug-likeness (QED) is 0.197. The van der Waals surface area contributed by atoms with Gasteiger partial charge in [-0.3, -0.25) is 14.9 Å². The fourth-order valence-electron chi connectivity index (χ4n) is 5.38. The summed E-state index contributed by atoms with van der Waals surface area (Å²) in [6.07, 6.45) is 6.96. The van der Waals surface area contributed by atoms with E-state index in [0.717, 1.165) is 49.2 Å². The van der Waals surface area contributed by atoms with E-state index in [1.165, 1.54) is 22.4 Å². The van der Waals surface area contributed by atoms with Gasteiger partial charge in [-0.25, -0.2) is 4.98 Å². The zero-order valence-corrected chi connectivity index (χ0v) is 23.5. The van der Waals surface area contributed by atoms with E-state index in [-0.39, 0.29) is 28.8 Å². The van der Waals surface area contributed by atoms with Crippen molar-refractivity contribution < 1.29 is 5.11 Å². The molecule has 0 saturated carbocycles. The van der Waals surface area contributed by atoms with Crippen LogP contribution in [0.2, 0.25) is 0 Å². The number of fused-ring (bicyclic) bond motifs is 2. The van der Waals surface area contributed by atoms with Crippen molar-refractivity contribution in [2.75, 3.05) is 0 Å². The summed E-state index contributed by atoms with van der Waals surface area (Å²) in [5, 5.41) is 13.3. The van der Waals surface area contributed by atoms with Gasteiger partial charge in [0.1, 0.15) is 11.6 Å². The number of aromatic nitrogens is 4. The minimum Gasteiger partial charge on any atom is -0.506 e. The smallest absolute Gasteiger partial charge is 0.138 e. The summed E-state index contributed by atoms with van der Waals surface area (Å²) in [7, 11) is 0. The summed E-state index contributed by atoms with van der Waals surface area (Å²) in [6.45, 7) is 2.77. The third kappa shape index (κ3) is 6.36. The minimum absolute atomic E-state index is 0. The Bertz CT molecular complexity index is 1490. The largest absolute Gasteiger partial charge is 0.506 e. The molecule has 0 fully saturated rings. The van der Waals surface area contributed by atoms with Crippen molar-refractivity contribution in [3.8, 4) is 5.75 Å². The fraction of sp³-hybridized carbons (Fsp3) is 0.258. The first-order valence-electron chi connectivity index (χ1n) is 13.3. The van der Waals surface area contributed by atoms with Crippen molar-refractivity contribution in [3.05, 3.63) is 119 Å². The molecular weight excluding hydrogens is 552 g/mol. The van der Waals surface area contributed by atoms with Crippen LogP contribution < -0.4 is 5.32 Å². The summed E-state index contributed by atoms with van der Waals surface area (Å²) >= 11 is 0. The third-order valence-electron chi connectivity index (χ3n) is 7.29. The maximum absolute atomic E-state index is 9.93. The number of aromatic hydroxyl groups is 1. The molecule has 3 N–H and O–H groups in total. The maximum atomic E-state index is 9.93. The van der Waals surface area contributed by atoms with Gasteiger partial charge >= 0.3 is 0 Å². The highest BCUT2D eigenvalue weighted by molar-refractivity contribution is 8.93. The van der Waals surface area contributed by atoms with Crippen molar-refractivity contribution in [2.24, 2.45) is 0 Å². The standard InChI is InChI=1S/C31H32N6O.BrH/c38-29-11-5-16-33-27(29)19-32-18-22-12-14-23(15-13-22)20-37(21-30-35-25-8-1-2-9-26(25)36-30)28-10-3-6-24-7-4-17-34-31(24)28;/h1-2,4-5,7-9,11-17,28,32,38H,3,6,10,18-21H2,(H,35,36);1H. The van der Waals surface area contributed by atoms with Crippen molar-refractivity contribution in [2.45, 2.75) is 51.5 Å². The van der Waals surface area contributed by atoms with Crippen molar-refractivity contribution in [3.63, 3.8) is 0 Å². The lowest BCUT2D eigenvalue weighted by molar-refractivity contribution is 0.153. The van der Waals surface area contributed by atoms with Gasteiger partial charge in [0.15, 0.2) is 0 Å². The Morgan fingerprint density at radius 2 is 1.67 bits per heavy atom. The molecule has 8 heteroatoms. The van der Waals surface area contributed by atoms with Crippen LogP contribution in [0, 0.1) is 0 Å². The number of halogens is 1. The van der Waals surface area contributed by atoms with E-state index < -0.39 is 0 Å². The van der Waals surface area contributed by atoms with Crippen LogP contribution in [0.5, 0.6) is 5.75 Å². The zero-order chi connectivity index (χ0) is 25.7. The van der Waals surface area contributed by atoms with Gasteiger partial charge in [0, 0.05) is 32.0 Å². The number of hydrogen-bond donors (Lipinski definition) is 3.